The maximum atomic E-state index is 13.3. The lowest BCUT2D eigenvalue weighted by molar-refractivity contribution is -0.129. The summed E-state index contributed by atoms with van der Waals surface area (Å²) in [5.41, 5.74) is 0.369. The highest BCUT2D eigenvalue weighted by Crippen LogP contribution is 2.45. The van der Waals surface area contributed by atoms with Gasteiger partial charge in [-0.1, -0.05) is 36.6 Å². The zero-order valence-corrected chi connectivity index (χ0v) is 18.7. The molecule has 2 amide bonds. The molecule has 2 heterocycles. The normalized spacial score (nSPS) is 18.3. The summed E-state index contributed by atoms with van der Waals surface area (Å²) in [6.45, 7) is 0.407. The van der Waals surface area contributed by atoms with Crippen molar-refractivity contribution in [2.75, 3.05) is 30.0 Å². The number of hydrogen-bond acceptors (Lipinski definition) is 6. The van der Waals surface area contributed by atoms with Crippen LogP contribution < -0.4 is 19.7 Å². The fraction of sp³-hybridized carbons (Fsp3) is 0.375. The van der Waals surface area contributed by atoms with E-state index in [4.69, 9.17) is 25.8 Å². The molecule has 0 aromatic heterocycles. The Morgan fingerprint density at radius 2 is 1.85 bits per heavy atom. The number of esters is 1. The van der Waals surface area contributed by atoms with E-state index in [0.717, 1.165) is 12.8 Å². The molecule has 1 fully saturated rings. The smallest absolute Gasteiger partial charge is 0.338 e. The van der Waals surface area contributed by atoms with Gasteiger partial charge in [0.25, 0.3) is 11.8 Å². The third-order valence-electron chi connectivity index (χ3n) is 6.29. The van der Waals surface area contributed by atoms with Crippen LogP contribution in [-0.4, -0.2) is 43.1 Å². The first kappa shape index (κ1) is 21.6. The first-order valence-corrected chi connectivity index (χ1v) is 11.4. The monoisotopic (exact) mass is 470 g/mol. The maximum Gasteiger partial charge on any atom is 0.338 e. The van der Waals surface area contributed by atoms with Gasteiger partial charge in [-0.15, -0.1) is 0 Å². The minimum absolute atomic E-state index is 0.157. The van der Waals surface area contributed by atoms with E-state index in [9.17, 15) is 14.4 Å². The molecule has 172 valence electrons. The molecule has 1 N–H and O–H groups in total. The number of hydrogen-bond donors (Lipinski definition) is 1. The van der Waals surface area contributed by atoms with Crippen LogP contribution in [0.1, 0.15) is 42.5 Å². The van der Waals surface area contributed by atoms with Crippen LogP contribution in [0.25, 0.3) is 0 Å². The van der Waals surface area contributed by atoms with Crippen molar-refractivity contribution in [3.63, 3.8) is 0 Å². The molecule has 33 heavy (non-hydrogen) atoms. The van der Waals surface area contributed by atoms with Crippen molar-refractivity contribution in [3.05, 3.63) is 47.0 Å². The van der Waals surface area contributed by atoms with Crippen LogP contribution in [0.5, 0.6) is 11.5 Å². The minimum atomic E-state index is -0.962. The fourth-order valence-corrected chi connectivity index (χ4v) is 5.02. The first-order chi connectivity index (χ1) is 16.0. The van der Waals surface area contributed by atoms with Gasteiger partial charge in [0.2, 0.25) is 0 Å². The number of para-hydroxylation sites is 2. The SMILES string of the molecule is O=C(OCC(=O)N1c2ccccc2NC(=O)C12CCCC2)c1cc(Cl)c2c(c1)OCCCO2. The lowest BCUT2D eigenvalue weighted by atomic mass is 9.90. The third kappa shape index (κ3) is 3.78. The number of amides is 2. The van der Waals surface area contributed by atoms with Gasteiger partial charge in [0.1, 0.15) is 5.54 Å². The molecule has 9 heteroatoms. The standard InChI is InChI=1S/C24H23ClN2O6/c25-16-12-15(13-19-21(16)32-11-5-10-31-19)22(29)33-14-20(28)27-18-7-2-1-6-17(18)26-23(30)24(27)8-3-4-9-24/h1-2,6-7,12-13H,3-5,8-11,14H2,(H,26,30). The van der Waals surface area contributed by atoms with Gasteiger partial charge in [-0.2, -0.15) is 0 Å². The maximum absolute atomic E-state index is 13.3. The van der Waals surface area contributed by atoms with Crippen LogP contribution in [0, 0.1) is 0 Å². The summed E-state index contributed by atoms with van der Waals surface area (Å²) < 4.78 is 16.6. The van der Waals surface area contributed by atoms with Crippen molar-refractivity contribution in [1.29, 1.82) is 0 Å². The number of fused-ring (bicyclic) bond motifs is 2. The molecule has 2 aromatic rings. The Labute approximate surface area is 195 Å². The fourth-order valence-electron chi connectivity index (χ4n) is 4.75. The van der Waals surface area contributed by atoms with Gasteiger partial charge < -0.3 is 19.5 Å². The highest BCUT2D eigenvalue weighted by atomic mass is 35.5. The van der Waals surface area contributed by atoms with E-state index in [0.29, 0.717) is 55.4 Å². The van der Waals surface area contributed by atoms with E-state index in [-0.39, 0.29) is 16.5 Å². The van der Waals surface area contributed by atoms with Crippen LogP contribution in [0.3, 0.4) is 0 Å². The van der Waals surface area contributed by atoms with Crippen molar-refractivity contribution in [3.8, 4) is 11.5 Å². The minimum Gasteiger partial charge on any atom is -0.489 e. The Kier molecular flexibility index (Phi) is 5.62. The van der Waals surface area contributed by atoms with Crippen molar-refractivity contribution in [2.45, 2.75) is 37.6 Å². The number of halogens is 1. The second-order valence-corrected chi connectivity index (χ2v) is 8.76. The molecule has 1 aliphatic carbocycles. The molecule has 2 aromatic carbocycles. The number of rotatable bonds is 3. The lowest BCUT2D eigenvalue weighted by Crippen LogP contribution is -2.61. The number of nitrogens with zero attached hydrogens (tertiary/aromatic N) is 1. The van der Waals surface area contributed by atoms with Gasteiger partial charge in [-0.3, -0.25) is 14.5 Å². The summed E-state index contributed by atoms with van der Waals surface area (Å²) in [5.74, 6) is -0.608. The summed E-state index contributed by atoms with van der Waals surface area (Å²) in [5, 5.41) is 3.16. The van der Waals surface area contributed by atoms with E-state index < -0.39 is 24.0 Å². The molecule has 1 spiro atoms. The van der Waals surface area contributed by atoms with E-state index in [1.807, 2.05) is 6.07 Å². The first-order valence-electron chi connectivity index (χ1n) is 11.0. The van der Waals surface area contributed by atoms with E-state index in [1.165, 1.54) is 17.0 Å². The van der Waals surface area contributed by atoms with Gasteiger partial charge >= 0.3 is 5.97 Å². The molecule has 2 aliphatic heterocycles. The second kappa shape index (κ2) is 8.59. The van der Waals surface area contributed by atoms with Crippen molar-refractivity contribution >= 4 is 40.8 Å². The number of ether oxygens (including phenoxy) is 3. The number of carbonyl (C=O) groups excluding carboxylic acids is 3. The summed E-state index contributed by atoms with van der Waals surface area (Å²) in [7, 11) is 0. The zero-order valence-electron chi connectivity index (χ0n) is 17.9. The van der Waals surface area contributed by atoms with Gasteiger partial charge in [0, 0.05) is 6.42 Å². The molecule has 0 bridgehead atoms. The molecule has 5 rings (SSSR count). The molecule has 1 saturated carbocycles. The lowest BCUT2D eigenvalue weighted by Gasteiger charge is -2.44. The molecule has 0 radical (unpaired) electrons. The van der Waals surface area contributed by atoms with Gasteiger partial charge in [0.15, 0.2) is 18.1 Å². The molecule has 3 aliphatic rings. The second-order valence-electron chi connectivity index (χ2n) is 8.35. The quantitative estimate of drug-likeness (QED) is 0.682. The van der Waals surface area contributed by atoms with Gasteiger partial charge in [-0.05, 0) is 37.1 Å². The average Bonchev–Trinajstić information content (AvgIpc) is 3.16. The van der Waals surface area contributed by atoms with Gasteiger partial charge in [-0.25, -0.2) is 4.79 Å². The van der Waals surface area contributed by atoms with Gasteiger partial charge in [0.05, 0.1) is 35.2 Å². The average molecular weight is 471 g/mol. The van der Waals surface area contributed by atoms with Crippen molar-refractivity contribution < 1.29 is 28.6 Å². The summed E-state index contributed by atoms with van der Waals surface area (Å²) >= 11 is 6.27. The van der Waals surface area contributed by atoms with Crippen molar-refractivity contribution in [2.24, 2.45) is 0 Å². The van der Waals surface area contributed by atoms with Crippen LogP contribution in [-0.2, 0) is 14.3 Å². The molecular weight excluding hydrogens is 448 g/mol. The number of carbonyl (C=O) groups is 3. The third-order valence-corrected chi connectivity index (χ3v) is 6.57. The van der Waals surface area contributed by atoms with Crippen LogP contribution in [0.4, 0.5) is 11.4 Å². The highest BCUT2D eigenvalue weighted by molar-refractivity contribution is 6.32. The van der Waals surface area contributed by atoms with Crippen LogP contribution in [0.2, 0.25) is 5.02 Å². The highest BCUT2D eigenvalue weighted by Gasteiger charge is 2.52. The summed E-state index contributed by atoms with van der Waals surface area (Å²) in [6, 6.07) is 10.1. The zero-order chi connectivity index (χ0) is 23.0. The Morgan fingerprint density at radius 3 is 2.67 bits per heavy atom. The molecule has 8 nitrogen and oxygen atoms in total. The largest absolute Gasteiger partial charge is 0.489 e. The van der Waals surface area contributed by atoms with Crippen LogP contribution in [0.15, 0.2) is 36.4 Å². The van der Waals surface area contributed by atoms with Crippen LogP contribution >= 0.6 is 11.6 Å². The molecule has 0 atom stereocenters. The Balaban J connectivity index is 1.37. The van der Waals surface area contributed by atoms with Crippen molar-refractivity contribution in [1.82, 2.24) is 0 Å². The summed E-state index contributed by atoms with van der Waals surface area (Å²) in [6.07, 6.45) is 3.50. The number of benzene rings is 2. The predicted octanol–water partition coefficient (Wildman–Crippen LogP) is 3.96. The number of anilines is 2. The molecule has 0 unspecified atom stereocenters. The topological polar surface area (TPSA) is 94.2 Å². The Morgan fingerprint density at radius 1 is 1.09 bits per heavy atom. The molecular formula is C24H23ClN2O6. The summed E-state index contributed by atoms with van der Waals surface area (Å²) in [4.78, 5) is 40.6. The van der Waals surface area contributed by atoms with E-state index in [1.54, 1.807) is 18.2 Å². The Bertz CT molecular complexity index is 1130. The van der Waals surface area contributed by atoms with E-state index >= 15 is 0 Å². The number of nitrogens with one attached hydrogen (secondary N) is 1. The molecule has 0 saturated heterocycles. The van der Waals surface area contributed by atoms with E-state index in [2.05, 4.69) is 5.32 Å². The Hall–Kier alpha value is -3.26. The predicted molar refractivity (Wildman–Crippen MR) is 121 cm³/mol.